The van der Waals surface area contributed by atoms with Crippen molar-refractivity contribution in [2.45, 2.75) is 58.2 Å². The normalized spacial score (nSPS) is 16.9. The topological polar surface area (TPSA) is 83.4 Å². The molecular weight excluding hydrogens is 404 g/mol. The number of carbonyl (C=O) groups is 1. The van der Waals surface area contributed by atoms with Crippen LogP contribution in [0, 0.1) is 0 Å². The summed E-state index contributed by atoms with van der Waals surface area (Å²) in [5.74, 6) is 0.807. The summed E-state index contributed by atoms with van der Waals surface area (Å²) in [6.45, 7) is 6.40. The van der Waals surface area contributed by atoms with E-state index in [9.17, 15) is 4.79 Å². The Hall–Kier alpha value is -3.06. The summed E-state index contributed by atoms with van der Waals surface area (Å²) in [4.78, 5) is 22.5. The molecule has 0 fully saturated rings. The van der Waals surface area contributed by atoms with Gasteiger partial charge in [-0.05, 0) is 83.0 Å². The number of allylic oxidation sites excluding steroid dienone is 1. The van der Waals surface area contributed by atoms with Crippen molar-refractivity contribution in [3.63, 3.8) is 0 Å². The zero-order chi connectivity index (χ0) is 22.9. The minimum absolute atomic E-state index is 0.0197. The molecule has 0 radical (unpaired) electrons. The number of aromatic amines is 1. The van der Waals surface area contributed by atoms with Gasteiger partial charge >= 0.3 is 6.09 Å². The smallest absolute Gasteiger partial charge is 0.407 e. The Morgan fingerprint density at radius 1 is 1.38 bits per heavy atom. The van der Waals surface area contributed by atoms with E-state index in [1.165, 1.54) is 11.1 Å². The van der Waals surface area contributed by atoms with Crippen molar-refractivity contribution < 1.29 is 13.9 Å². The van der Waals surface area contributed by atoms with Gasteiger partial charge < -0.3 is 24.4 Å². The monoisotopic (exact) mass is 436 g/mol. The van der Waals surface area contributed by atoms with Crippen LogP contribution in [0.5, 0.6) is 0 Å². The number of furan rings is 1. The lowest BCUT2D eigenvalue weighted by molar-refractivity contribution is 0.0502. The van der Waals surface area contributed by atoms with Crippen molar-refractivity contribution >= 4 is 22.7 Å². The zero-order valence-corrected chi connectivity index (χ0v) is 19.5. The Morgan fingerprint density at radius 3 is 2.88 bits per heavy atom. The molecule has 1 amide bonds. The third kappa shape index (κ3) is 4.88. The Kier molecular flexibility index (Phi) is 6.11. The molecule has 0 saturated carbocycles. The highest BCUT2D eigenvalue weighted by Gasteiger charge is 2.26. The number of pyridine rings is 1. The van der Waals surface area contributed by atoms with Crippen LogP contribution < -0.4 is 5.32 Å². The Morgan fingerprint density at radius 2 is 2.19 bits per heavy atom. The summed E-state index contributed by atoms with van der Waals surface area (Å²) in [6, 6.07) is 3.88. The van der Waals surface area contributed by atoms with Crippen molar-refractivity contribution in [1.82, 2.24) is 20.2 Å². The van der Waals surface area contributed by atoms with E-state index in [2.05, 4.69) is 40.4 Å². The third-order valence-corrected chi connectivity index (χ3v) is 5.47. The largest absolute Gasteiger partial charge is 0.464 e. The third-order valence-electron chi connectivity index (χ3n) is 5.47. The predicted molar refractivity (Wildman–Crippen MR) is 126 cm³/mol. The van der Waals surface area contributed by atoms with E-state index in [4.69, 9.17) is 9.15 Å². The van der Waals surface area contributed by atoms with Crippen molar-refractivity contribution in [2.24, 2.45) is 0 Å². The molecule has 32 heavy (non-hydrogen) atoms. The molecule has 7 nitrogen and oxygen atoms in total. The van der Waals surface area contributed by atoms with Gasteiger partial charge in [0.2, 0.25) is 0 Å². The molecule has 7 heteroatoms. The van der Waals surface area contributed by atoms with Crippen LogP contribution in [0.1, 0.15) is 51.2 Å². The van der Waals surface area contributed by atoms with Crippen LogP contribution in [-0.2, 0) is 11.3 Å². The number of amides is 1. The second-order valence-corrected chi connectivity index (χ2v) is 9.65. The molecule has 0 aliphatic heterocycles. The minimum atomic E-state index is -0.517. The van der Waals surface area contributed by atoms with Crippen molar-refractivity contribution in [1.29, 1.82) is 0 Å². The first kappa shape index (κ1) is 22.1. The molecule has 0 spiro atoms. The summed E-state index contributed by atoms with van der Waals surface area (Å²) in [5.41, 5.74) is 4.85. The van der Waals surface area contributed by atoms with Crippen LogP contribution in [-0.4, -0.2) is 46.7 Å². The van der Waals surface area contributed by atoms with E-state index in [-0.39, 0.29) is 12.1 Å². The van der Waals surface area contributed by atoms with Gasteiger partial charge in [-0.3, -0.25) is 0 Å². The van der Waals surface area contributed by atoms with Crippen LogP contribution in [0.3, 0.4) is 0 Å². The van der Waals surface area contributed by atoms with Crippen LogP contribution in [0.4, 0.5) is 4.79 Å². The Bertz CT molecular complexity index is 1120. The number of hydrogen-bond donors (Lipinski definition) is 2. The van der Waals surface area contributed by atoms with Crippen molar-refractivity contribution in [2.75, 3.05) is 14.1 Å². The quantitative estimate of drug-likeness (QED) is 0.564. The van der Waals surface area contributed by atoms with E-state index >= 15 is 0 Å². The van der Waals surface area contributed by atoms with E-state index in [0.29, 0.717) is 0 Å². The van der Waals surface area contributed by atoms with Gasteiger partial charge in [-0.25, -0.2) is 9.78 Å². The van der Waals surface area contributed by atoms with E-state index in [1.807, 2.05) is 45.3 Å². The number of alkyl carbamates (subject to hydrolysis) is 1. The summed E-state index contributed by atoms with van der Waals surface area (Å²) in [6.07, 6.45) is 10.0. The first-order valence-corrected chi connectivity index (χ1v) is 11.1. The second-order valence-electron chi connectivity index (χ2n) is 9.65. The van der Waals surface area contributed by atoms with Crippen LogP contribution >= 0.6 is 0 Å². The van der Waals surface area contributed by atoms with Crippen molar-refractivity contribution in [3.05, 3.63) is 48.0 Å². The maximum absolute atomic E-state index is 12.4. The molecule has 170 valence electrons. The van der Waals surface area contributed by atoms with E-state index in [0.717, 1.165) is 53.7 Å². The first-order valence-electron chi connectivity index (χ1n) is 11.1. The van der Waals surface area contributed by atoms with Crippen molar-refractivity contribution in [3.8, 4) is 11.3 Å². The Labute approximate surface area is 188 Å². The lowest BCUT2D eigenvalue weighted by atomic mass is 9.86. The first-order chi connectivity index (χ1) is 15.2. The maximum atomic E-state index is 12.4. The van der Waals surface area contributed by atoms with Gasteiger partial charge in [0.1, 0.15) is 17.0 Å². The van der Waals surface area contributed by atoms with Crippen LogP contribution in [0.25, 0.3) is 27.9 Å². The standard InChI is InChI=1S/C25H32N4O3/c1-25(2,3)32-24(30)28-18-9-6-8-16(12-18)21-17(15-29(4)5)13-26-23-22(21)19(14-27-23)20-10-7-11-31-20/h7-8,10-11,13-14,18H,6,9,12,15H2,1-5H3,(H,26,27)(H,28,30). The lowest BCUT2D eigenvalue weighted by Crippen LogP contribution is -2.40. The highest BCUT2D eigenvalue weighted by Crippen LogP contribution is 2.39. The number of nitrogens with one attached hydrogen (secondary N) is 2. The highest BCUT2D eigenvalue weighted by atomic mass is 16.6. The number of fused-ring (bicyclic) bond motifs is 1. The highest BCUT2D eigenvalue weighted by molar-refractivity contribution is 6.01. The fourth-order valence-electron chi connectivity index (χ4n) is 4.30. The summed E-state index contributed by atoms with van der Waals surface area (Å²) in [7, 11) is 4.11. The second kappa shape index (κ2) is 8.82. The predicted octanol–water partition coefficient (Wildman–Crippen LogP) is 5.35. The van der Waals surface area contributed by atoms with Gasteiger partial charge in [-0.1, -0.05) is 6.08 Å². The number of carbonyl (C=O) groups excluding carboxylic acids is 1. The number of rotatable bonds is 5. The molecule has 3 heterocycles. The number of ether oxygens (including phenoxy) is 1. The van der Waals surface area contributed by atoms with Crippen LogP contribution in [0.15, 0.2) is 41.3 Å². The Balaban J connectivity index is 1.72. The molecule has 0 saturated heterocycles. The van der Waals surface area contributed by atoms with Gasteiger partial charge in [0.25, 0.3) is 0 Å². The molecule has 3 aromatic heterocycles. The molecule has 1 aliphatic carbocycles. The molecule has 1 aliphatic rings. The van der Waals surface area contributed by atoms with E-state index in [1.54, 1.807) is 6.26 Å². The van der Waals surface area contributed by atoms with E-state index < -0.39 is 5.60 Å². The fourth-order valence-corrected chi connectivity index (χ4v) is 4.30. The average molecular weight is 437 g/mol. The number of hydrogen-bond acceptors (Lipinski definition) is 5. The number of aromatic nitrogens is 2. The summed E-state index contributed by atoms with van der Waals surface area (Å²) < 4.78 is 11.2. The SMILES string of the molecule is CN(C)Cc1cnc2[nH]cc(-c3ccco3)c2c1C1=CCCC(NC(=O)OC(C)(C)C)C1. The molecule has 0 aromatic carbocycles. The zero-order valence-electron chi connectivity index (χ0n) is 19.5. The minimum Gasteiger partial charge on any atom is -0.464 e. The van der Waals surface area contributed by atoms with Gasteiger partial charge in [0.15, 0.2) is 0 Å². The van der Waals surface area contributed by atoms with Gasteiger partial charge in [0, 0.05) is 35.9 Å². The summed E-state index contributed by atoms with van der Waals surface area (Å²) >= 11 is 0. The van der Waals surface area contributed by atoms with Gasteiger partial charge in [-0.2, -0.15) is 0 Å². The average Bonchev–Trinajstić information content (AvgIpc) is 3.35. The molecule has 4 rings (SSSR count). The number of nitrogens with zero attached hydrogens (tertiary/aromatic N) is 2. The van der Waals surface area contributed by atoms with Gasteiger partial charge in [-0.15, -0.1) is 0 Å². The molecule has 2 N–H and O–H groups in total. The molecular formula is C25H32N4O3. The molecule has 3 aromatic rings. The molecule has 1 unspecified atom stereocenters. The lowest BCUT2D eigenvalue weighted by Gasteiger charge is -2.28. The molecule has 0 bridgehead atoms. The van der Waals surface area contributed by atoms with Gasteiger partial charge in [0.05, 0.1) is 6.26 Å². The van der Waals surface area contributed by atoms with Crippen LogP contribution in [0.2, 0.25) is 0 Å². The summed E-state index contributed by atoms with van der Waals surface area (Å²) in [5, 5.41) is 4.12. The fraction of sp³-hybridized carbons (Fsp3) is 0.440. The number of H-pyrrole nitrogens is 1. The molecule has 1 atom stereocenters. The maximum Gasteiger partial charge on any atom is 0.407 e.